The van der Waals surface area contributed by atoms with Gasteiger partial charge in [0, 0.05) is 4.57 Å². The van der Waals surface area contributed by atoms with Crippen molar-refractivity contribution in [3.63, 3.8) is 0 Å². The molecule has 0 rings (SSSR count). The van der Waals surface area contributed by atoms with Crippen LogP contribution < -0.4 is 0 Å². The van der Waals surface area contributed by atoms with Crippen molar-refractivity contribution in [1.29, 1.82) is 0 Å². The molecule has 0 fully saturated rings. The molecule has 0 N–H and O–H groups in total. The molecule has 0 spiro atoms. The second kappa shape index (κ2) is 4.50. The van der Waals surface area contributed by atoms with E-state index in [1.807, 2.05) is 0 Å². The Hall–Kier alpha value is -0.510. The maximum absolute atomic E-state index is 11.0. The van der Waals surface area contributed by atoms with Crippen molar-refractivity contribution in [1.82, 2.24) is 0 Å². The van der Waals surface area contributed by atoms with Gasteiger partial charge in [0.25, 0.3) is 0 Å². The highest BCUT2D eigenvalue weighted by Gasteiger charge is 2.29. The molecule has 0 heterocycles. The molecular formula is C6H12O5P+. The second-order valence-corrected chi connectivity index (χ2v) is 4.06. The van der Waals surface area contributed by atoms with Crippen LogP contribution in [0.1, 0.15) is 20.8 Å². The summed E-state index contributed by atoms with van der Waals surface area (Å²) >= 11 is 0. The van der Waals surface area contributed by atoms with Crippen LogP contribution in [-0.2, 0) is 23.4 Å². The smallest absolute Gasteiger partial charge is 0.251 e. The molecule has 0 aromatic carbocycles. The SMILES string of the molecule is CO[P+](=O)OOC(=O)C(C)(C)C. The minimum Gasteiger partial charge on any atom is -0.251 e. The van der Waals surface area contributed by atoms with E-state index >= 15 is 0 Å². The van der Waals surface area contributed by atoms with E-state index in [4.69, 9.17) is 0 Å². The van der Waals surface area contributed by atoms with Gasteiger partial charge in [-0.1, -0.05) is 0 Å². The van der Waals surface area contributed by atoms with Crippen molar-refractivity contribution < 1.29 is 23.4 Å². The Morgan fingerprint density at radius 2 is 1.83 bits per heavy atom. The summed E-state index contributed by atoms with van der Waals surface area (Å²) in [7, 11) is -1.17. The Balaban J connectivity index is 3.81. The van der Waals surface area contributed by atoms with Crippen molar-refractivity contribution in [2.75, 3.05) is 7.11 Å². The van der Waals surface area contributed by atoms with Gasteiger partial charge in [0.2, 0.25) is 0 Å². The zero-order chi connectivity index (χ0) is 9.78. The van der Waals surface area contributed by atoms with E-state index in [1.54, 1.807) is 20.8 Å². The van der Waals surface area contributed by atoms with Gasteiger partial charge in [-0.3, -0.25) is 4.89 Å². The largest absolute Gasteiger partial charge is 0.738 e. The molecule has 1 atom stereocenters. The summed E-state index contributed by atoms with van der Waals surface area (Å²) in [6.07, 6.45) is 0. The van der Waals surface area contributed by atoms with Gasteiger partial charge in [-0.25, -0.2) is 4.79 Å². The summed E-state index contributed by atoms with van der Waals surface area (Å²) in [5, 5.41) is 0. The van der Waals surface area contributed by atoms with E-state index in [-0.39, 0.29) is 0 Å². The molecule has 70 valence electrons. The van der Waals surface area contributed by atoms with E-state index in [0.717, 1.165) is 0 Å². The zero-order valence-corrected chi connectivity index (χ0v) is 8.38. The van der Waals surface area contributed by atoms with E-state index in [2.05, 4.69) is 14.1 Å². The molecule has 0 bridgehead atoms. The molecule has 0 aliphatic rings. The summed E-state index contributed by atoms with van der Waals surface area (Å²) in [6, 6.07) is 0. The molecule has 5 nitrogen and oxygen atoms in total. The van der Waals surface area contributed by atoms with Gasteiger partial charge < -0.3 is 0 Å². The van der Waals surface area contributed by atoms with E-state index in [0.29, 0.717) is 0 Å². The van der Waals surface area contributed by atoms with Crippen LogP contribution in [0.25, 0.3) is 0 Å². The molecule has 0 radical (unpaired) electrons. The van der Waals surface area contributed by atoms with Crippen LogP contribution in [0.3, 0.4) is 0 Å². The minimum atomic E-state index is -2.35. The number of rotatable bonds is 3. The van der Waals surface area contributed by atoms with Gasteiger partial charge >= 0.3 is 14.2 Å². The molecule has 0 saturated carbocycles. The third kappa shape index (κ3) is 4.38. The molecule has 0 aliphatic heterocycles. The highest BCUT2D eigenvalue weighted by molar-refractivity contribution is 7.33. The summed E-state index contributed by atoms with van der Waals surface area (Å²) in [5.41, 5.74) is -0.677. The topological polar surface area (TPSA) is 61.8 Å². The highest BCUT2D eigenvalue weighted by atomic mass is 31.1. The second-order valence-electron chi connectivity index (χ2n) is 3.10. The van der Waals surface area contributed by atoms with Crippen molar-refractivity contribution in [2.45, 2.75) is 20.8 Å². The molecule has 0 aromatic heterocycles. The average Bonchev–Trinajstić information content (AvgIpc) is 1.97. The van der Waals surface area contributed by atoms with Crippen LogP contribution in [0.5, 0.6) is 0 Å². The molecule has 6 heteroatoms. The lowest BCUT2D eigenvalue weighted by Gasteiger charge is -2.11. The third-order valence-electron chi connectivity index (χ3n) is 0.935. The van der Waals surface area contributed by atoms with Crippen molar-refractivity contribution >= 4 is 14.2 Å². The standard InChI is InChI=1S/C6H12O5P/c1-6(2,3)5(7)10-11-12(8)9-4/h1-4H3/q+1. The van der Waals surface area contributed by atoms with Gasteiger partial charge in [0.05, 0.1) is 12.5 Å². The third-order valence-corrected chi connectivity index (χ3v) is 1.43. The predicted molar refractivity (Wildman–Crippen MR) is 41.2 cm³/mol. The van der Waals surface area contributed by atoms with E-state index in [1.165, 1.54) is 7.11 Å². The first-order valence-corrected chi connectivity index (χ1v) is 4.38. The first kappa shape index (κ1) is 11.5. The van der Waals surface area contributed by atoms with Crippen LogP contribution in [0, 0.1) is 5.41 Å². The fourth-order valence-electron chi connectivity index (χ4n) is 0.220. The minimum absolute atomic E-state index is 0.595. The number of hydrogen-bond donors (Lipinski definition) is 0. The summed E-state index contributed by atoms with van der Waals surface area (Å²) in [5.74, 6) is -0.595. The Bertz CT molecular complexity index is 183. The maximum atomic E-state index is 11.0. The van der Waals surface area contributed by atoms with Crippen LogP contribution in [-0.4, -0.2) is 13.1 Å². The summed E-state index contributed by atoms with van der Waals surface area (Å²) < 4.78 is 18.8. The number of carbonyl (C=O) groups is 1. The molecule has 0 aliphatic carbocycles. The van der Waals surface area contributed by atoms with Crippen molar-refractivity contribution in [2.24, 2.45) is 5.41 Å². The van der Waals surface area contributed by atoms with Gasteiger partial charge in [0.15, 0.2) is 0 Å². The molecule has 12 heavy (non-hydrogen) atoms. The van der Waals surface area contributed by atoms with Gasteiger partial charge in [-0.15, -0.1) is 4.52 Å². The fraction of sp³-hybridized carbons (Fsp3) is 0.833. The zero-order valence-electron chi connectivity index (χ0n) is 7.49. The average molecular weight is 195 g/mol. The quantitative estimate of drug-likeness (QED) is 0.390. The van der Waals surface area contributed by atoms with Crippen molar-refractivity contribution in [3.8, 4) is 0 Å². The number of carbonyl (C=O) groups excluding carboxylic acids is 1. The molecule has 1 unspecified atom stereocenters. The highest BCUT2D eigenvalue weighted by Crippen LogP contribution is 2.24. The normalized spacial score (nSPS) is 12.5. The Morgan fingerprint density at radius 3 is 2.17 bits per heavy atom. The van der Waals surface area contributed by atoms with Gasteiger partial charge in [-0.05, 0) is 20.8 Å². The van der Waals surface area contributed by atoms with Crippen LogP contribution in [0.2, 0.25) is 0 Å². The van der Waals surface area contributed by atoms with Crippen LogP contribution in [0.15, 0.2) is 0 Å². The Kier molecular flexibility index (Phi) is 4.31. The first-order chi connectivity index (χ1) is 5.38. The van der Waals surface area contributed by atoms with Gasteiger partial charge in [-0.2, -0.15) is 0 Å². The Labute approximate surface area is 71.9 Å². The van der Waals surface area contributed by atoms with Crippen LogP contribution in [0.4, 0.5) is 0 Å². The summed E-state index contributed by atoms with van der Waals surface area (Å²) in [6.45, 7) is 4.95. The van der Waals surface area contributed by atoms with Crippen LogP contribution >= 0.6 is 8.25 Å². The lowest BCUT2D eigenvalue weighted by molar-refractivity contribution is -0.224. The maximum Gasteiger partial charge on any atom is 0.738 e. The van der Waals surface area contributed by atoms with Gasteiger partial charge in [0.1, 0.15) is 4.67 Å². The molecule has 0 amide bonds. The lowest BCUT2D eigenvalue weighted by Crippen LogP contribution is -2.22. The van der Waals surface area contributed by atoms with Crippen molar-refractivity contribution in [3.05, 3.63) is 0 Å². The predicted octanol–water partition coefficient (Wildman–Crippen LogP) is 1.81. The fourth-order valence-corrected chi connectivity index (χ4v) is 0.409. The summed E-state index contributed by atoms with van der Waals surface area (Å²) in [4.78, 5) is 15.2. The Morgan fingerprint density at radius 1 is 1.33 bits per heavy atom. The number of hydrogen-bond acceptors (Lipinski definition) is 5. The molecule has 0 aromatic rings. The monoisotopic (exact) mass is 195 g/mol. The lowest BCUT2D eigenvalue weighted by atomic mass is 9.98. The molecule has 0 saturated heterocycles. The van der Waals surface area contributed by atoms with E-state index in [9.17, 15) is 9.36 Å². The first-order valence-electron chi connectivity index (χ1n) is 3.28. The van der Waals surface area contributed by atoms with E-state index < -0.39 is 19.6 Å². The molecular weight excluding hydrogens is 183 g/mol.